The number of aromatic nitrogens is 1. The molecule has 28 heavy (non-hydrogen) atoms. The third-order valence-corrected chi connectivity index (χ3v) is 3.75. The number of carbonyl (C=O) groups is 2. The topological polar surface area (TPSA) is 94.7 Å². The largest absolute Gasteiger partial charge is 0.618 e. The van der Waals surface area contributed by atoms with E-state index in [4.69, 9.17) is 4.74 Å². The van der Waals surface area contributed by atoms with Gasteiger partial charge in [-0.3, -0.25) is 4.79 Å². The SMILES string of the molecule is O=C(COC(=O)c1cccc[n+]1[O-])NN=C(c1ccccc1)c1ccccc1. The second-order valence-electron chi connectivity index (χ2n) is 5.72. The average molecular weight is 375 g/mol. The Hall–Kier alpha value is -4.00. The quantitative estimate of drug-likeness (QED) is 0.235. The second-order valence-corrected chi connectivity index (χ2v) is 5.72. The maximum absolute atomic E-state index is 12.1. The third-order valence-electron chi connectivity index (χ3n) is 3.75. The van der Waals surface area contributed by atoms with E-state index in [1.807, 2.05) is 60.7 Å². The lowest BCUT2D eigenvalue weighted by Crippen LogP contribution is -2.35. The third kappa shape index (κ3) is 4.79. The van der Waals surface area contributed by atoms with Gasteiger partial charge in [0.2, 0.25) is 0 Å². The molecule has 0 saturated heterocycles. The lowest BCUT2D eigenvalue weighted by atomic mass is 10.0. The number of rotatable bonds is 6. The summed E-state index contributed by atoms with van der Waals surface area (Å²) in [4.78, 5) is 23.9. The molecule has 2 aromatic carbocycles. The molecule has 1 N–H and O–H groups in total. The summed E-state index contributed by atoms with van der Waals surface area (Å²) in [5, 5.41) is 15.7. The van der Waals surface area contributed by atoms with Gasteiger partial charge in [0, 0.05) is 23.3 Å². The molecule has 1 heterocycles. The number of hydrogen-bond donors (Lipinski definition) is 1. The molecule has 0 saturated carbocycles. The zero-order valence-electron chi connectivity index (χ0n) is 14.8. The van der Waals surface area contributed by atoms with Crippen molar-refractivity contribution in [2.75, 3.05) is 6.61 Å². The van der Waals surface area contributed by atoms with Gasteiger partial charge in [0.25, 0.3) is 5.91 Å². The van der Waals surface area contributed by atoms with Gasteiger partial charge in [-0.1, -0.05) is 60.7 Å². The summed E-state index contributed by atoms with van der Waals surface area (Å²) in [5.41, 5.74) is 4.40. The van der Waals surface area contributed by atoms with Gasteiger partial charge in [-0.25, -0.2) is 10.2 Å². The normalized spacial score (nSPS) is 10.0. The Labute approximate surface area is 161 Å². The minimum Gasteiger partial charge on any atom is -0.618 e. The average Bonchev–Trinajstić information content (AvgIpc) is 2.74. The maximum atomic E-state index is 12.1. The van der Waals surface area contributed by atoms with E-state index in [1.54, 1.807) is 0 Å². The Bertz CT molecular complexity index is 947. The van der Waals surface area contributed by atoms with Crippen molar-refractivity contribution in [2.24, 2.45) is 5.10 Å². The lowest BCUT2D eigenvalue weighted by molar-refractivity contribution is -0.608. The number of amides is 1. The molecule has 0 aliphatic heterocycles. The number of benzene rings is 2. The second kappa shape index (κ2) is 9.09. The molecule has 0 fully saturated rings. The number of hydrazone groups is 1. The molecule has 7 heteroatoms. The molecule has 0 aliphatic carbocycles. The first-order valence-corrected chi connectivity index (χ1v) is 8.48. The van der Waals surface area contributed by atoms with Gasteiger partial charge in [0.15, 0.2) is 12.8 Å². The van der Waals surface area contributed by atoms with Crippen LogP contribution in [0.25, 0.3) is 0 Å². The summed E-state index contributed by atoms with van der Waals surface area (Å²) < 4.78 is 5.25. The Morgan fingerprint density at radius 3 is 2.04 bits per heavy atom. The molecule has 0 atom stereocenters. The van der Waals surface area contributed by atoms with Gasteiger partial charge in [0.1, 0.15) is 0 Å². The first kappa shape index (κ1) is 18.8. The molecule has 3 aromatic rings. The van der Waals surface area contributed by atoms with Gasteiger partial charge in [-0.2, -0.15) is 9.83 Å². The van der Waals surface area contributed by atoms with Crippen LogP contribution in [0.5, 0.6) is 0 Å². The van der Waals surface area contributed by atoms with Crippen molar-refractivity contribution in [2.45, 2.75) is 0 Å². The standard InChI is InChI=1S/C21H17N3O4/c25-19(15-28-21(26)18-13-7-8-14-24(18)27)22-23-20(16-9-3-1-4-10-16)17-11-5-2-6-12-17/h1-14H,15H2,(H,22,25). The first-order chi connectivity index (χ1) is 13.6. The zero-order valence-corrected chi connectivity index (χ0v) is 14.8. The van der Waals surface area contributed by atoms with Crippen LogP contribution in [0.2, 0.25) is 0 Å². The molecule has 1 amide bonds. The van der Waals surface area contributed by atoms with Crippen LogP contribution < -0.4 is 10.2 Å². The zero-order chi connectivity index (χ0) is 19.8. The Morgan fingerprint density at radius 1 is 0.893 bits per heavy atom. The van der Waals surface area contributed by atoms with Crippen molar-refractivity contribution in [1.29, 1.82) is 0 Å². The highest BCUT2D eigenvalue weighted by Gasteiger charge is 2.18. The van der Waals surface area contributed by atoms with Crippen molar-refractivity contribution >= 4 is 17.6 Å². The molecule has 140 valence electrons. The fraction of sp³-hybridized carbons (Fsp3) is 0.0476. The number of esters is 1. The van der Waals surface area contributed by atoms with Crippen LogP contribution in [0, 0.1) is 5.21 Å². The summed E-state index contributed by atoms with van der Waals surface area (Å²) >= 11 is 0. The van der Waals surface area contributed by atoms with E-state index >= 15 is 0 Å². The van der Waals surface area contributed by atoms with Crippen LogP contribution in [0.15, 0.2) is 90.2 Å². The van der Waals surface area contributed by atoms with Crippen molar-refractivity contribution in [3.63, 3.8) is 0 Å². The van der Waals surface area contributed by atoms with Crippen LogP contribution in [-0.4, -0.2) is 24.2 Å². The highest BCUT2D eigenvalue weighted by Crippen LogP contribution is 2.10. The Kier molecular flexibility index (Phi) is 6.10. The van der Waals surface area contributed by atoms with Crippen LogP contribution in [0.3, 0.4) is 0 Å². The van der Waals surface area contributed by atoms with E-state index < -0.39 is 18.5 Å². The highest BCUT2D eigenvalue weighted by molar-refractivity contribution is 6.13. The predicted molar refractivity (Wildman–Crippen MR) is 102 cm³/mol. The lowest BCUT2D eigenvalue weighted by Gasteiger charge is -2.08. The van der Waals surface area contributed by atoms with Gasteiger partial charge in [-0.15, -0.1) is 0 Å². The predicted octanol–water partition coefficient (Wildman–Crippen LogP) is 2.05. The van der Waals surface area contributed by atoms with Gasteiger partial charge in [-0.05, 0) is 6.07 Å². The monoisotopic (exact) mass is 375 g/mol. The molecule has 0 radical (unpaired) electrons. The van der Waals surface area contributed by atoms with Crippen LogP contribution in [0.1, 0.15) is 21.6 Å². The maximum Gasteiger partial charge on any atom is 0.405 e. The first-order valence-electron chi connectivity index (χ1n) is 8.48. The van der Waals surface area contributed by atoms with Crippen LogP contribution >= 0.6 is 0 Å². The van der Waals surface area contributed by atoms with Gasteiger partial charge >= 0.3 is 11.7 Å². The molecule has 0 aliphatic rings. The summed E-state index contributed by atoms with van der Waals surface area (Å²) in [6, 6.07) is 23.1. The molecule has 1 aromatic heterocycles. The number of ether oxygens (including phenoxy) is 1. The fourth-order valence-corrected chi connectivity index (χ4v) is 2.43. The van der Waals surface area contributed by atoms with Crippen molar-refractivity contribution in [3.8, 4) is 0 Å². The summed E-state index contributed by atoms with van der Waals surface area (Å²) in [5.74, 6) is -1.51. The molecule has 3 rings (SSSR count). The Morgan fingerprint density at radius 2 is 1.46 bits per heavy atom. The molecule has 7 nitrogen and oxygen atoms in total. The van der Waals surface area contributed by atoms with E-state index in [9.17, 15) is 14.8 Å². The Balaban J connectivity index is 1.68. The highest BCUT2D eigenvalue weighted by atomic mass is 16.5. The summed E-state index contributed by atoms with van der Waals surface area (Å²) in [6.45, 7) is -0.561. The number of carbonyl (C=O) groups excluding carboxylic acids is 2. The van der Waals surface area contributed by atoms with E-state index in [0.717, 1.165) is 11.1 Å². The smallest absolute Gasteiger partial charge is 0.405 e. The summed E-state index contributed by atoms with van der Waals surface area (Å²) in [7, 11) is 0. The van der Waals surface area contributed by atoms with Gasteiger partial charge < -0.3 is 9.94 Å². The van der Waals surface area contributed by atoms with Crippen LogP contribution in [-0.2, 0) is 9.53 Å². The van der Waals surface area contributed by atoms with Crippen molar-refractivity contribution < 1.29 is 19.1 Å². The molecule has 0 unspecified atom stereocenters. The molecule has 0 spiro atoms. The van der Waals surface area contributed by atoms with E-state index in [-0.39, 0.29) is 5.69 Å². The minimum atomic E-state index is -0.888. The summed E-state index contributed by atoms with van der Waals surface area (Å²) in [6.07, 6.45) is 1.17. The van der Waals surface area contributed by atoms with E-state index in [0.29, 0.717) is 10.4 Å². The minimum absolute atomic E-state index is 0.201. The molecule has 0 bridgehead atoms. The van der Waals surface area contributed by atoms with Gasteiger partial charge in [0.05, 0.1) is 5.71 Å². The number of pyridine rings is 1. The number of nitrogens with one attached hydrogen (secondary N) is 1. The van der Waals surface area contributed by atoms with Crippen molar-refractivity contribution in [1.82, 2.24) is 5.43 Å². The van der Waals surface area contributed by atoms with Crippen LogP contribution in [0.4, 0.5) is 0 Å². The fourth-order valence-electron chi connectivity index (χ4n) is 2.43. The van der Waals surface area contributed by atoms with Crippen molar-refractivity contribution in [3.05, 3.63) is 107 Å². The van der Waals surface area contributed by atoms with E-state index in [2.05, 4.69) is 10.5 Å². The molecular weight excluding hydrogens is 358 g/mol. The molecular formula is C21H17N3O4. The number of hydrogen-bond acceptors (Lipinski definition) is 5. The van der Waals surface area contributed by atoms with E-state index in [1.165, 1.54) is 24.4 Å². The number of nitrogens with zero attached hydrogens (tertiary/aromatic N) is 2.